The zero-order valence-corrected chi connectivity index (χ0v) is 10.2. The lowest BCUT2D eigenvalue weighted by Crippen LogP contribution is -2.17. The fourth-order valence-electron chi connectivity index (χ4n) is 1.42. The Kier molecular flexibility index (Phi) is 4.93. The minimum atomic E-state index is -0.140. The molecule has 0 heterocycles. The van der Waals surface area contributed by atoms with E-state index in [1.807, 2.05) is 0 Å². The predicted octanol–water partition coefficient (Wildman–Crippen LogP) is 0.0943. The van der Waals surface area contributed by atoms with E-state index in [9.17, 15) is 0 Å². The van der Waals surface area contributed by atoms with Crippen molar-refractivity contribution in [2.45, 2.75) is 0 Å². The molecule has 0 fully saturated rings. The molecule has 0 N–H and O–H groups in total. The number of ether oxygens (including phenoxy) is 1. The predicted molar refractivity (Wildman–Crippen MR) is 69.3 cm³/mol. The summed E-state index contributed by atoms with van der Waals surface area (Å²) in [6, 6.07) is 11.3. The fourth-order valence-corrected chi connectivity index (χ4v) is 1.42. The molecule has 0 unspecified atom stereocenters. The Morgan fingerprint density at radius 3 is 2.10 bits per heavy atom. The third kappa shape index (κ3) is 2.94. The first-order valence-electron chi connectivity index (χ1n) is 5.27. The Morgan fingerprint density at radius 1 is 1.00 bits per heavy atom. The van der Waals surface area contributed by atoms with Crippen molar-refractivity contribution in [2.75, 3.05) is 6.61 Å². The van der Waals surface area contributed by atoms with Crippen LogP contribution >= 0.6 is 0 Å². The Hall–Kier alpha value is -3.72. The Bertz CT molecular complexity index is 829. The molecule has 5 nitrogen and oxygen atoms in total. The van der Waals surface area contributed by atoms with E-state index in [1.54, 1.807) is 24.3 Å². The summed E-state index contributed by atoms with van der Waals surface area (Å²) in [5.74, 6) is 2.44. The number of benzene rings is 1. The summed E-state index contributed by atoms with van der Waals surface area (Å²) in [5, 5.41) is 36.0. The first-order valence-corrected chi connectivity index (χ1v) is 5.27. The largest absolute Gasteiger partial charge is 0.480 e. The standard InChI is InChI=1S/C15H6N4O/c1-2-5-20-15-6-11(12(7-16)8-17)3-4-14(15)13(9-18)10-19/h1,3-4,6H,5H2. The van der Waals surface area contributed by atoms with Crippen molar-refractivity contribution in [2.24, 2.45) is 0 Å². The highest BCUT2D eigenvalue weighted by atomic mass is 16.5. The molecular weight excluding hydrogens is 252 g/mol. The Balaban J connectivity index is 3.77. The lowest BCUT2D eigenvalue weighted by Gasteiger charge is -2.03. The minimum absolute atomic E-state index is 0.0605. The number of rotatable bonds is 2. The SMILES string of the molecule is C#CCOc1cc(=C(C#N)C#N)ccc1=C(C#N)C#N. The van der Waals surface area contributed by atoms with E-state index in [1.165, 1.54) is 18.2 Å². The van der Waals surface area contributed by atoms with Crippen LogP contribution in [-0.2, 0) is 0 Å². The number of hydrogen-bond acceptors (Lipinski definition) is 5. The molecule has 0 spiro atoms. The van der Waals surface area contributed by atoms with Crippen LogP contribution < -0.4 is 15.2 Å². The average molecular weight is 258 g/mol. The average Bonchev–Trinajstić information content (AvgIpc) is 2.49. The molecule has 0 radical (unpaired) electrons. The molecule has 20 heavy (non-hydrogen) atoms. The van der Waals surface area contributed by atoms with Gasteiger partial charge in [0.05, 0.1) is 0 Å². The van der Waals surface area contributed by atoms with E-state index in [-0.39, 0.29) is 28.7 Å². The van der Waals surface area contributed by atoms with Gasteiger partial charge in [-0.15, -0.1) is 6.42 Å². The smallest absolute Gasteiger partial charge is 0.148 e. The molecule has 5 heteroatoms. The van der Waals surface area contributed by atoms with Crippen molar-refractivity contribution in [3.63, 3.8) is 0 Å². The summed E-state index contributed by atoms with van der Waals surface area (Å²) in [4.78, 5) is 0. The summed E-state index contributed by atoms with van der Waals surface area (Å²) in [6.45, 7) is -0.0605. The van der Waals surface area contributed by atoms with Crippen LogP contribution in [0.5, 0.6) is 5.75 Å². The minimum Gasteiger partial charge on any atom is -0.480 e. The van der Waals surface area contributed by atoms with Gasteiger partial charge in [-0.05, 0) is 12.1 Å². The van der Waals surface area contributed by atoms with Gasteiger partial charge in [-0.2, -0.15) is 21.0 Å². The van der Waals surface area contributed by atoms with E-state index in [2.05, 4.69) is 5.92 Å². The highest BCUT2D eigenvalue weighted by molar-refractivity contribution is 5.75. The molecule has 0 bridgehead atoms. The molecule has 0 saturated carbocycles. The van der Waals surface area contributed by atoms with Crippen LogP contribution in [0.3, 0.4) is 0 Å². The molecule has 0 aliphatic carbocycles. The van der Waals surface area contributed by atoms with Gasteiger partial charge in [0, 0.05) is 10.4 Å². The molecular formula is C15H6N4O. The molecule has 1 aromatic carbocycles. The highest BCUT2D eigenvalue weighted by Gasteiger charge is 2.04. The van der Waals surface area contributed by atoms with Crippen LogP contribution in [0.1, 0.15) is 0 Å². The van der Waals surface area contributed by atoms with E-state index in [0.717, 1.165) is 0 Å². The molecule has 0 atom stereocenters. The van der Waals surface area contributed by atoms with Gasteiger partial charge in [-0.25, -0.2) is 0 Å². The second-order valence-electron chi connectivity index (χ2n) is 3.40. The lowest BCUT2D eigenvalue weighted by molar-refractivity contribution is 0.367. The van der Waals surface area contributed by atoms with Crippen LogP contribution in [-0.4, -0.2) is 6.61 Å². The second-order valence-corrected chi connectivity index (χ2v) is 3.40. The van der Waals surface area contributed by atoms with Crippen molar-refractivity contribution in [1.82, 2.24) is 0 Å². The van der Waals surface area contributed by atoms with Crippen molar-refractivity contribution in [3.8, 4) is 42.4 Å². The lowest BCUT2D eigenvalue weighted by atomic mass is 10.1. The van der Waals surface area contributed by atoms with Crippen LogP contribution in [0.25, 0.3) is 11.1 Å². The van der Waals surface area contributed by atoms with Crippen molar-refractivity contribution in [1.29, 1.82) is 21.0 Å². The summed E-state index contributed by atoms with van der Waals surface area (Å²) >= 11 is 0. The number of nitriles is 4. The zero-order valence-electron chi connectivity index (χ0n) is 10.2. The van der Waals surface area contributed by atoms with E-state index in [4.69, 9.17) is 32.2 Å². The van der Waals surface area contributed by atoms with Gasteiger partial charge >= 0.3 is 0 Å². The highest BCUT2D eigenvalue weighted by Crippen LogP contribution is 2.03. The quantitative estimate of drug-likeness (QED) is 0.699. The van der Waals surface area contributed by atoms with E-state index >= 15 is 0 Å². The normalized spacial score (nSPS) is 7.95. The molecule has 1 rings (SSSR count). The topological polar surface area (TPSA) is 104 Å². The van der Waals surface area contributed by atoms with Crippen molar-refractivity contribution in [3.05, 3.63) is 28.6 Å². The van der Waals surface area contributed by atoms with Gasteiger partial charge in [0.25, 0.3) is 0 Å². The summed E-state index contributed by atoms with van der Waals surface area (Å²) in [5.41, 5.74) is -0.239. The van der Waals surface area contributed by atoms with Gasteiger partial charge in [0.1, 0.15) is 47.8 Å². The number of nitrogens with zero attached hydrogens (tertiary/aromatic N) is 4. The Morgan fingerprint density at radius 2 is 1.60 bits per heavy atom. The third-order valence-electron chi connectivity index (χ3n) is 2.30. The number of terminal acetylenes is 1. The first kappa shape index (κ1) is 14.3. The Labute approximate surface area is 115 Å². The van der Waals surface area contributed by atoms with Crippen LogP contribution in [0.15, 0.2) is 18.2 Å². The molecule has 0 aliphatic heterocycles. The second kappa shape index (κ2) is 6.88. The molecule has 0 amide bonds. The molecule has 0 saturated heterocycles. The van der Waals surface area contributed by atoms with Crippen LogP contribution in [0.2, 0.25) is 0 Å². The fraction of sp³-hybridized carbons (Fsp3) is 0.0667. The zero-order chi connectivity index (χ0) is 15.0. The summed E-state index contributed by atoms with van der Waals surface area (Å²) < 4.78 is 5.26. The van der Waals surface area contributed by atoms with Crippen LogP contribution in [0.4, 0.5) is 0 Å². The monoisotopic (exact) mass is 258 g/mol. The first-order chi connectivity index (χ1) is 9.71. The molecule has 92 valence electrons. The van der Waals surface area contributed by atoms with Gasteiger partial charge < -0.3 is 4.74 Å². The summed E-state index contributed by atoms with van der Waals surface area (Å²) in [6.07, 6.45) is 5.10. The van der Waals surface area contributed by atoms with Crippen LogP contribution in [0, 0.1) is 57.7 Å². The maximum absolute atomic E-state index is 8.88. The number of hydrogen-bond donors (Lipinski definition) is 0. The van der Waals surface area contributed by atoms with E-state index < -0.39 is 0 Å². The van der Waals surface area contributed by atoms with Crippen molar-refractivity contribution < 1.29 is 4.74 Å². The third-order valence-corrected chi connectivity index (χ3v) is 2.30. The molecule has 0 aliphatic rings. The molecule has 0 aromatic heterocycles. The maximum atomic E-state index is 8.88. The van der Waals surface area contributed by atoms with Gasteiger partial charge in [-0.3, -0.25) is 0 Å². The van der Waals surface area contributed by atoms with Crippen molar-refractivity contribution >= 4 is 11.1 Å². The molecule has 1 aromatic rings. The summed E-state index contributed by atoms with van der Waals surface area (Å²) in [7, 11) is 0. The van der Waals surface area contributed by atoms with Gasteiger partial charge in [0.2, 0.25) is 0 Å². The van der Waals surface area contributed by atoms with Gasteiger partial charge in [-0.1, -0.05) is 12.0 Å². The maximum Gasteiger partial charge on any atom is 0.148 e. The van der Waals surface area contributed by atoms with E-state index in [0.29, 0.717) is 5.22 Å². The van der Waals surface area contributed by atoms with Gasteiger partial charge in [0.15, 0.2) is 0 Å².